The lowest BCUT2D eigenvalue weighted by atomic mass is 10.2. The third-order valence-corrected chi connectivity index (χ3v) is 11.9. The molecule has 0 bridgehead atoms. The van der Waals surface area contributed by atoms with Crippen molar-refractivity contribution in [1.82, 2.24) is 0 Å². The lowest BCUT2D eigenvalue weighted by molar-refractivity contribution is 0.360. The van der Waals surface area contributed by atoms with Crippen LogP contribution in [0.25, 0.3) is 0 Å². The molecule has 1 nitrogen and oxygen atoms in total. The predicted octanol–water partition coefficient (Wildman–Crippen LogP) is 6.20. The molecule has 0 aromatic heterocycles. The Morgan fingerprint density at radius 2 is 1.50 bits per heavy atom. The molecule has 10 heteroatoms. The number of hydrogen-bond donors (Lipinski definition) is 0. The summed E-state index contributed by atoms with van der Waals surface area (Å²) >= 11 is 6.91. The van der Waals surface area contributed by atoms with Gasteiger partial charge in [0.05, 0.1) is 16.8 Å². The molecule has 1 fully saturated rings. The standard InChI is InChI=1S/C14H8F5OPS3/c15-9-10(16)12(18)14(13(19)11(9)17)24-21(22)20-6-8(23-21)7-4-2-1-3-5-7/h1-5,8H,6H2/t8-,21+/m1/s1. The second kappa shape index (κ2) is 6.96. The first kappa shape index (κ1) is 18.2. The highest BCUT2D eigenvalue weighted by molar-refractivity contribution is 8.99. The van der Waals surface area contributed by atoms with Gasteiger partial charge in [0.25, 0.3) is 0 Å². The van der Waals surface area contributed by atoms with Crippen LogP contribution in [-0.2, 0) is 16.3 Å². The number of hydrogen-bond acceptors (Lipinski definition) is 4. The zero-order valence-corrected chi connectivity index (χ0v) is 15.0. The summed E-state index contributed by atoms with van der Waals surface area (Å²) in [4.78, 5) is -0.990. The topological polar surface area (TPSA) is 9.23 Å². The van der Waals surface area contributed by atoms with E-state index in [2.05, 4.69) is 0 Å². The molecule has 1 saturated heterocycles. The van der Waals surface area contributed by atoms with Crippen LogP contribution in [0, 0.1) is 29.1 Å². The van der Waals surface area contributed by atoms with Gasteiger partial charge in [-0.25, -0.2) is 22.0 Å². The van der Waals surface area contributed by atoms with E-state index in [4.69, 9.17) is 16.3 Å². The summed E-state index contributed by atoms with van der Waals surface area (Å²) < 4.78 is 69.9. The Balaban J connectivity index is 1.89. The van der Waals surface area contributed by atoms with Crippen molar-refractivity contribution in [1.29, 1.82) is 0 Å². The maximum atomic E-state index is 13.8. The van der Waals surface area contributed by atoms with Gasteiger partial charge in [0.1, 0.15) is 0 Å². The monoisotopic (exact) mass is 414 g/mol. The third-order valence-electron chi connectivity index (χ3n) is 3.18. The number of benzene rings is 2. The molecule has 0 saturated carbocycles. The van der Waals surface area contributed by atoms with Crippen molar-refractivity contribution in [2.24, 2.45) is 0 Å². The van der Waals surface area contributed by atoms with Crippen LogP contribution in [0.1, 0.15) is 10.8 Å². The van der Waals surface area contributed by atoms with E-state index in [1.54, 1.807) is 0 Å². The van der Waals surface area contributed by atoms with E-state index in [1.165, 1.54) is 11.4 Å². The van der Waals surface area contributed by atoms with E-state index in [-0.39, 0.29) is 11.9 Å². The van der Waals surface area contributed by atoms with E-state index < -0.39 is 38.7 Å². The molecule has 0 N–H and O–H groups in total. The van der Waals surface area contributed by atoms with Crippen LogP contribution >= 0.6 is 27.4 Å². The highest BCUT2D eigenvalue weighted by Gasteiger charge is 2.38. The van der Waals surface area contributed by atoms with Crippen molar-refractivity contribution in [2.75, 3.05) is 6.61 Å². The minimum atomic E-state index is -2.89. The van der Waals surface area contributed by atoms with Crippen molar-refractivity contribution < 1.29 is 26.5 Å². The molecule has 0 radical (unpaired) electrons. The Morgan fingerprint density at radius 1 is 0.958 bits per heavy atom. The summed E-state index contributed by atoms with van der Waals surface area (Å²) in [5.74, 6) is -9.92. The Morgan fingerprint density at radius 3 is 2.08 bits per heavy atom. The SMILES string of the molecule is Fc1c(F)c(F)c(S[P@]2(=S)OC[C@H](c3ccccc3)S2)c(F)c1F. The van der Waals surface area contributed by atoms with Gasteiger partial charge in [0, 0.05) is 0 Å². The average molecular weight is 414 g/mol. The minimum absolute atomic E-state index is 0.147. The Labute approximate surface area is 147 Å². The molecule has 2 aromatic carbocycles. The molecule has 0 spiro atoms. The lowest BCUT2D eigenvalue weighted by Crippen LogP contribution is -2.02. The fourth-order valence-corrected chi connectivity index (χ4v) is 11.1. The summed E-state index contributed by atoms with van der Waals surface area (Å²) in [6, 6.07) is 9.21. The average Bonchev–Trinajstić information content (AvgIpc) is 2.98. The molecule has 128 valence electrons. The summed E-state index contributed by atoms with van der Waals surface area (Å²) in [7, 11) is 0. The molecule has 1 aliphatic heterocycles. The third kappa shape index (κ3) is 3.37. The quantitative estimate of drug-likeness (QED) is 0.256. The second-order valence-corrected chi connectivity index (χ2v) is 15.1. The number of rotatable bonds is 3. The van der Waals surface area contributed by atoms with Crippen LogP contribution in [0.5, 0.6) is 0 Å². The summed E-state index contributed by atoms with van der Waals surface area (Å²) in [6.07, 6.45) is 0. The van der Waals surface area contributed by atoms with E-state index in [1.807, 2.05) is 30.3 Å². The first-order chi connectivity index (χ1) is 11.3. The van der Waals surface area contributed by atoms with Gasteiger partial charge in [-0.2, -0.15) is 0 Å². The molecule has 0 aliphatic carbocycles. The van der Waals surface area contributed by atoms with Crippen LogP contribution in [0.2, 0.25) is 0 Å². The molecule has 1 aliphatic rings. The minimum Gasteiger partial charge on any atom is -0.332 e. The fraction of sp³-hybridized carbons (Fsp3) is 0.143. The van der Waals surface area contributed by atoms with E-state index >= 15 is 0 Å². The maximum Gasteiger partial charge on any atom is 0.200 e. The molecule has 0 amide bonds. The molecule has 2 aromatic rings. The summed E-state index contributed by atoms with van der Waals surface area (Å²) in [5, 5.41) is -0.147. The van der Waals surface area contributed by atoms with Gasteiger partial charge >= 0.3 is 0 Å². The van der Waals surface area contributed by atoms with Crippen molar-refractivity contribution in [2.45, 2.75) is 10.1 Å². The van der Waals surface area contributed by atoms with Gasteiger partial charge in [0.2, 0.25) is 5.82 Å². The van der Waals surface area contributed by atoms with Gasteiger partial charge in [-0.15, -0.1) is 0 Å². The van der Waals surface area contributed by atoms with E-state index in [9.17, 15) is 22.0 Å². The molecule has 0 unspecified atom stereocenters. The Kier molecular flexibility index (Phi) is 5.28. The molecular formula is C14H8F5OPS3. The van der Waals surface area contributed by atoms with Crippen LogP contribution < -0.4 is 0 Å². The molecule has 24 heavy (non-hydrogen) atoms. The van der Waals surface area contributed by atoms with Crippen molar-refractivity contribution >= 4 is 39.2 Å². The largest absolute Gasteiger partial charge is 0.332 e. The fourth-order valence-electron chi connectivity index (χ4n) is 2.03. The van der Waals surface area contributed by atoms with Gasteiger partial charge in [-0.1, -0.05) is 41.7 Å². The number of halogens is 5. The lowest BCUT2D eigenvalue weighted by Gasteiger charge is -2.15. The van der Waals surface area contributed by atoms with Gasteiger partial charge < -0.3 is 4.52 Å². The Bertz CT molecular complexity index is 804. The van der Waals surface area contributed by atoms with Crippen molar-refractivity contribution in [3.8, 4) is 0 Å². The molecule has 3 rings (SSSR count). The zero-order chi connectivity index (χ0) is 17.5. The van der Waals surface area contributed by atoms with Crippen LogP contribution in [-0.4, -0.2) is 6.61 Å². The molecular weight excluding hydrogens is 406 g/mol. The molecule has 2 atom stereocenters. The normalized spacial score (nSPS) is 23.6. The molecule has 1 heterocycles. The van der Waals surface area contributed by atoms with Crippen molar-refractivity contribution in [3.63, 3.8) is 0 Å². The van der Waals surface area contributed by atoms with Crippen LogP contribution in [0.3, 0.4) is 0 Å². The summed E-state index contributed by atoms with van der Waals surface area (Å²) in [6.45, 7) is 0.217. The zero-order valence-electron chi connectivity index (χ0n) is 11.6. The van der Waals surface area contributed by atoms with E-state index in [0.29, 0.717) is 11.4 Å². The Hall–Kier alpha value is -0.600. The van der Waals surface area contributed by atoms with Gasteiger partial charge in [-0.05, 0) is 28.8 Å². The van der Waals surface area contributed by atoms with Gasteiger partial charge in [0.15, 0.2) is 27.9 Å². The predicted molar refractivity (Wildman–Crippen MR) is 89.1 cm³/mol. The maximum absolute atomic E-state index is 13.8. The highest BCUT2D eigenvalue weighted by atomic mass is 33.2. The summed E-state index contributed by atoms with van der Waals surface area (Å²) in [5.41, 5.74) is 0.923. The highest BCUT2D eigenvalue weighted by Crippen LogP contribution is 2.80. The van der Waals surface area contributed by atoms with Crippen LogP contribution in [0.15, 0.2) is 35.2 Å². The first-order valence-corrected chi connectivity index (χ1v) is 12.1. The van der Waals surface area contributed by atoms with Crippen LogP contribution in [0.4, 0.5) is 22.0 Å². The smallest absolute Gasteiger partial charge is 0.200 e. The first-order valence-electron chi connectivity index (χ1n) is 6.51. The van der Waals surface area contributed by atoms with Crippen molar-refractivity contribution in [3.05, 3.63) is 65.0 Å². The second-order valence-electron chi connectivity index (χ2n) is 4.74. The van der Waals surface area contributed by atoms with Gasteiger partial charge in [-0.3, -0.25) is 0 Å². The van der Waals surface area contributed by atoms with E-state index in [0.717, 1.165) is 5.56 Å².